The van der Waals surface area contributed by atoms with Gasteiger partial charge in [0.1, 0.15) is 5.75 Å². The Hall–Kier alpha value is -0.920. The van der Waals surface area contributed by atoms with Crippen LogP contribution >= 0.6 is 38.6 Å². The first-order valence-corrected chi connectivity index (χ1v) is 8.95. The lowest BCUT2D eigenvalue weighted by molar-refractivity contribution is 0.406. The summed E-state index contributed by atoms with van der Waals surface area (Å²) in [7, 11) is 1.69. The van der Waals surface area contributed by atoms with Gasteiger partial charge in [0.25, 0.3) is 0 Å². The highest BCUT2D eigenvalue weighted by atomic mass is 79.9. The average molecular weight is 383 g/mol. The molecule has 110 valence electrons. The summed E-state index contributed by atoms with van der Waals surface area (Å²) in [5.74, 6) is 6.67. The number of ether oxygens (including phenoxy) is 1. The van der Waals surface area contributed by atoms with E-state index in [2.05, 4.69) is 44.9 Å². The van der Waals surface area contributed by atoms with E-state index < -0.39 is 0 Å². The number of methoxy groups -OCH3 is 1. The van der Waals surface area contributed by atoms with Gasteiger partial charge in [-0.15, -0.1) is 22.7 Å². The maximum Gasteiger partial charge on any atom is 0.122 e. The minimum atomic E-state index is 0.0813. The molecule has 0 bridgehead atoms. The second-order valence-corrected chi connectivity index (χ2v) is 7.66. The summed E-state index contributed by atoms with van der Waals surface area (Å²) in [6.45, 7) is 0. The number of fused-ring (bicyclic) bond motifs is 1. The minimum Gasteiger partial charge on any atom is -0.496 e. The lowest BCUT2D eigenvalue weighted by Gasteiger charge is -2.16. The van der Waals surface area contributed by atoms with Crippen molar-refractivity contribution >= 4 is 48.0 Å². The molecule has 3 aromatic rings. The Labute approximate surface area is 139 Å². The Kier molecular flexibility index (Phi) is 4.61. The van der Waals surface area contributed by atoms with Gasteiger partial charge < -0.3 is 4.74 Å². The van der Waals surface area contributed by atoms with Crippen LogP contribution in [0.3, 0.4) is 0 Å². The molecule has 0 spiro atoms. The van der Waals surface area contributed by atoms with E-state index in [1.165, 1.54) is 14.3 Å². The monoisotopic (exact) mass is 382 g/mol. The van der Waals surface area contributed by atoms with Crippen molar-refractivity contribution < 1.29 is 4.74 Å². The molecule has 0 aliphatic rings. The van der Waals surface area contributed by atoms with Gasteiger partial charge >= 0.3 is 0 Å². The van der Waals surface area contributed by atoms with Gasteiger partial charge in [-0.3, -0.25) is 11.3 Å². The maximum absolute atomic E-state index is 5.78. The summed E-state index contributed by atoms with van der Waals surface area (Å²) in [4.78, 5) is 1.25. The fraction of sp³-hybridized carbons (Fsp3) is 0.200. The molecule has 21 heavy (non-hydrogen) atoms. The van der Waals surface area contributed by atoms with Crippen LogP contribution in [0.1, 0.15) is 16.5 Å². The highest BCUT2D eigenvalue weighted by molar-refractivity contribution is 9.10. The first kappa shape index (κ1) is 15.0. The van der Waals surface area contributed by atoms with Crippen LogP contribution in [-0.4, -0.2) is 7.11 Å². The summed E-state index contributed by atoms with van der Waals surface area (Å²) in [6, 6.07) is 10.5. The van der Waals surface area contributed by atoms with Gasteiger partial charge in [0.15, 0.2) is 0 Å². The van der Waals surface area contributed by atoms with E-state index in [1.807, 2.05) is 12.1 Å². The Balaban J connectivity index is 1.90. The number of halogens is 1. The third kappa shape index (κ3) is 3.14. The molecule has 0 aliphatic carbocycles. The van der Waals surface area contributed by atoms with Crippen LogP contribution in [0.15, 0.2) is 40.2 Å². The molecule has 2 heterocycles. The van der Waals surface area contributed by atoms with Crippen LogP contribution < -0.4 is 16.0 Å². The van der Waals surface area contributed by atoms with Gasteiger partial charge in [0.05, 0.1) is 13.2 Å². The zero-order chi connectivity index (χ0) is 14.8. The molecule has 0 saturated carbocycles. The third-order valence-corrected chi connectivity index (χ3v) is 6.07. The van der Waals surface area contributed by atoms with Crippen molar-refractivity contribution in [2.75, 3.05) is 7.11 Å². The first-order valence-electron chi connectivity index (χ1n) is 6.46. The number of hydrogen-bond donors (Lipinski definition) is 2. The number of thiophene rings is 2. The van der Waals surface area contributed by atoms with E-state index in [1.54, 1.807) is 29.8 Å². The lowest BCUT2D eigenvalue weighted by atomic mass is 10.0. The standard InChI is InChI=1S/C15H15BrN2OS2/c1-19-12-3-2-10(16)6-9(12)7-11(18-17)14-8-15-13(21-14)4-5-20-15/h2-6,8,11,18H,7,17H2,1H3. The van der Waals surface area contributed by atoms with Gasteiger partial charge in [-0.25, -0.2) is 0 Å². The van der Waals surface area contributed by atoms with E-state index in [4.69, 9.17) is 10.6 Å². The average Bonchev–Trinajstić information content (AvgIpc) is 3.06. The number of rotatable bonds is 5. The molecule has 0 radical (unpaired) electrons. The molecule has 1 atom stereocenters. The minimum absolute atomic E-state index is 0.0813. The van der Waals surface area contributed by atoms with E-state index in [0.717, 1.165) is 22.2 Å². The molecule has 0 amide bonds. The van der Waals surface area contributed by atoms with Crippen LogP contribution in [0.5, 0.6) is 5.75 Å². The Morgan fingerprint density at radius 1 is 1.29 bits per heavy atom. The largest absolute Gasteiger partial charge is 0.496 e. The van der Waals surface area contributed by atoms with Gasteiger partial charge in [-0.2, -0.15) is 0 Å². The molecule has 1 unspecified atom stereocenters. The Morgan fingerprint density at radius 2 is 2.14 bits per heavy atom. The summed E-state index contributed by atoms with van der Waals surface area (Å²) in [6.07, 6.45) is 0.785. The predicted octanol–water partition coefficient (Wildman–Crippen LogP) is 4.48. The molecule has 0 saturated heterocycles. The normalized spacial score (nSPS) is 12.7. The van der Waals surface area contributed by atoms with Crippen molar-refractivity contribution in [2.45, 2.75) is 12.5 Å². The molecule has 0 fully saturated rings. The SMILES string of the molecule is COc1ccc(Br)cc1CC(NN)c1cc2sccc2s1. The molecule has 1 aromatic carbocycles. The number of hydrazine groups is 1. The molecule has 3 N–H and O–H groups in total. The van der Waals surface area contributed by atoms with Gasteiger partial charge in [-0.05, 0) is 47.7 Å². The molecular formula is C15H15BrN2OS2. The third-order valence-electron chi connectivity index (χ3n) is 3.37. The summed E-state index contributed by atoms with van der Waals surface area (Å²) in [5, 5.41) is 2.12. The van der Waals surface area contributed by atoms with Gasteiger partial charge in [0, 0.05) is 18.7 Å². The molecule has 3 nitrogen and oxygen atoms in total. The quantitative estimate of drug-likeness (QED) is 0.505. The smallest absolute Gasteiger partial charge is 0.122 e. The molecule has 0 aliphatic heterocycles. The highest BCUT2D eigenvalue weighted by Gasteiger charge is 2.17. The van der Waals surface area contributed by atoms with E-state index in [9.17, 15) is 0 Å². The number of hydrogen-bond acceptors (Lipinski definition) is 5. The second kappa shape index (κ2) is 6.46. The molecule has 3 rings (SSSR count). The maximum atomic E-state index is 5.78. The first-order chi connectivity index (χ1) is 10.2. The van der Waals surface area contributed by atoms with E-state index in [0.29, 0.717) is 0 Å². The van der Waals surface area contributed by atoms with Crippen molar-refractivity contribution in [1.82, 2.24) is 5.43 Å². The van der Waals surface area contributed by atoms with Crippen LogP contribution in [-0.2, 0) is 6.42 Å². The fourth-order valence-corrected chi connectivity index (χ4v) is 4.91. The van der Waals surface area contributed by atoms with Crippen molar-refractivity contribution in [2.24, 2.45) is 5.84 Å². The molecular weight excluding hydrogens is 368 g/mol. The van der Waals surface area contributed by atoms with Crippen LogP contribution in [0.4, 0.5) is 0 Å². The number of nitrogens with one attached hydrogen (secondary N) is 1. The lowest BCUT2D eigenvalue weighted by Crippen LogP contribution is -2.29. The topological polar surface area (TPSA) is 47.3 Å². The summed E-state index contributed by atoms with van der Waals surface area (Å²) < 4.78 is 9.12. The second-order valence-electron chi connectivity index (χ2n) is 4.68. The van der Waals surface area contributed by atoms with E-state index in [-0.39, 0.29) is 6.04 Å². The van der Waals surface area contributed by atoms with Crippen LogP contribution in [0, 0.1) is 0 Å². The zero-order valence-corrected chi connectivity index (χ0v) is 14.6. The van der Waals surface area contributed by atoms with Gasteiger partial charge in [-0.1, -0.05) is 15.9 Å². The highest BCUT2D eigenvalue weighted by Crippen LogP contribution is 2.35. The molecule has 6 heteroatoms. The van der Waals surface area contributed by atoms with Crippen molar-refractivity contribution in [3.8, 4) is 5.75 Å². The Morgan fingerprint density at radius 3 is 2.86 bits per heavy atom. The number of benzene rings is 1. The van der Waals surface area contributed by atoms with Crippen molar-refractivity contribution in [3.05, 3.63) is 50.6 Å². The number of nitrogens with two attached hydrogens (primary N) is 1. The van der Waals surface area contributed by atoms with Crippen molar-refractivity contribution in [1.29, 1.82) is 0 Å². The van der Waals surface area contributed by atoms with Crippen LogP contribution in [0.2, 0.25) is 0 Å². The van der Waals surface area contributed by atoms with Gasteiger partial charge in [0.2, 0.25) is 0 Å². The zero-order valence-electron chi connectivity index (χ0n) is 11.4. The molecule has 2 aromatic heterocycles. The summed E-state index contributed by atoms with van der Waals surface area (Å²) in [5.41, 5.74) is 4.06. The predicted molar refractivity (Wildman–Crippen MR) is 94.2 cm³/mol. The van der Waals surface area contributed by atoms with E-state index >= 15 is 0 Å². The van der Waals surface area contributed by atoms with Crippen molar-refractivity contribution in [3.63, 3.8) is 0 Å². The fourth-order valence-electron chi connectivity index (χ4n) is 2.32. The summed E-state index contributed by atoms with van der Waals surface area (Å²) >= 11 is 7.06. The van der Waals surface area contributed by atoms with Crippen LogP contribution in [0.25, 0.3) is 9.40 Å². The Bertz CT molecular complexity index is 725.